The van der Waals surface area contributed by atoms with E-state index in [1.165, 1.54) is 55.8 Å². The largest absolute Gasteiger partial charge is 0.461 e. The van der Waals surface area contributed by atoms with Crippen LogP contribution in [-0.2, 0) is 6.42 Å². The second-order valence-corrected chi connectivity index (χ2v) is 9.80. The number of likely N-dealkylation sites (tertiary alicyclic amines) is 1. The molecule has 3 aromatic carbocycles. The molecule has 0 radical (unpaired) electrons. The van der Waals surface area contributed by atoms with Crippen LogP contribution in [0.2, 0.25) is 0 Å². The van der Waals surface area contributed by atoms with Gasteiger partial charge in [0.15, 0.2) is 0 Å². The number of hydrogen-bond donors (Lipinski definition) is 0. The van der Waals surface area contributed by atoms with E-state index < -0.39 is 5.24 Å². The molecular weight excluding hydrogens is 524 g/mol. The topological polar surface area (TPSA) is 72.4 Å². The Morgan fingerprint density at radius 1 is 1.00 bits per heavy atom. The number of furan rings is 1. The van der Waals surface area contributed by atoms with Crippen LogP contribution >= 0.6 is 11.6 Å². The zero-order chi connectivity index (χ0) is 27.4. The number of benzene rings is 3. The van der Waals surface area contributed by atoms with E-state index >= 15 is 0 Å². The third-order valence-electron chi connectivity index (χ3n) is 6.75. The van der Waals surface area contributed by atoms with Crippen molar-refractivity contribution in [3.63, 3.8) is 0 Å². The lowest BCUT2D eigenvalue weighted by molar-refractivity contribution is 0.108. The van der Waals surface area contributed by atoms with Crippen LogP contribution in [0.5, 0.6) is 0 Å². The van der Waals surface area contributed by atoms with Gasteiger partial charge in [0.05, 0.1) is 0 Å². The molecule has 1 atom stereocenters. The molecule has 0 spiro atoms. The van der Waals surface area contributed by atoms with Crippen molar-refractivity contribution < 1.29 is 22.5 Å². The summed E-state index contributed by atoms with van der Waals surface area (Å²) in [6.45, 7) is 4.50. The van der Waals surface area contributed by atoms with E-state index in [2.05, 4.69) is 28.0 Å². The fourth-order valence-electron chi connectivity index (χ4n) is 4.57. The third kappa shape index (κ3) is 6.58. The third-order valence-corrected chi connectivity index (χ3v) is 6.97. The molecule has 6 nitrogen and oxygen atoms in total. The highest BCUT2D eigenvalue weighted by Gasteiger charge is 2.20. The molecule has 1 fully saturated rings. The SMILES string of the molecule is C[C@@H]1CCCN1CCc1cc2cc(-c3noc(-c4ccc(F)cc4)n3)ccc2o1.O=C(Cl)c1ccc(F)cc1. The molecule has 39 heavy (non-hydrogen) atoms. The number of carbonyl (C=O) groups is 1. The number of aromatic nitrogens is 2. The summed E-state index contributed by atoms with van der Waals surface area (Å²) in [5.74, 6) is 1.19. The van der Waals surface area contributed by atoms with Crippen LogP contribution in [0.4, 0.5) is 8.78 Å². The summed E-state index contributed by atoms with van der Waals surface area (Å²) in [4.78, 5) is 17.4. The molecule has 6 rings (SSSR count). The van der Waals surface area contributed by atoms with Gasteiger partial charge >= 0.3 is 0 Å². The Morgan fingerprint density at radius 3 is 2.36 bits per heavy atom. The number of carbonyl (C=O) groups excluding carboxylic acids is 1. The monoisotopic (exact) mass is 549 g/mol. The first-order valence-corrected chi connectivity index (χ1v) is 13.1. The van der Waals surface area contributed by atoms with Crippen LogP contribution in [0.25, 0.3) is 33.8 Å². The maximum atomic E-state index is 13.1. The number of fused-ring (bicyclic) bond motifs is 1. The van der Waals surface area contributed by atoms with Crippen LogP contribution in [0.1, 0.15) is 35.9 Å². The van der Waals surface area contributed by atoms with E-state index in [1.807, 2.05) is 18.2 Å². The highest BCUT2D eigenvalue weighted by atomic mass is 35.5. The van der Waals surface area contributed by atoms with Gasteiger partial charge in [-0.15, -0.1) is 0 Å². The minimum Gasteiger partial charge on any atom is -0.461 e. The van der Waals surface area contributed by atoms with Gasteiger partial charge in [-0.05, 0) is 111 Å². The van der Waals surface area contributed by atoms with Crippen molar-refractivity contribution in [3.8, 4) is 22.8 Å². The van der Waals surface area contributed by atoms with E-state index in [9.17, 15) is 13.6 Å². The van der Waals surface area contributed by atoms with Crippen LogP contribution in [0.15, 0.2) is 81.7 Å². The molecule has 0 saturated carbocycles. The first-order chi connectivity index (χ1) is 18.9. The van der Waals surface area contributed by atoms with Crippen LogP contribution in [0, 0.1) is 11.6 Å². The minimum absolute atomic E-state index is 0.297. The van der Waals surface area contributed by atoms with Gasteiger partial charge in [0.1, 0.15) is 23.0 Å². The molecule has 2 aromatic heterocycles. The number of halogens is 3. The second kappa shape index (κ2) is 11.9. The van der Waals surface area contributed by atoms with Gasteiger partial charge < -0.3 is 13.8 Å². The van der Waals surface area contributed by atoms with Crippen molar-refractivity contribution in [1.82, 2.24) is 15.0 Å². The molecule has 1 aliphatic heterocycles. The lowest BCUT2D eigenvalue weighted by Crippen LogP contribution is -2.28. The van der Waals surface area contributed by atoms with Gasteiger partial charge in [0.25, 0.3) is 11.1 Å². The van der Waals surface area contributed by atoms with Gasteiger partial charge in [-0.2, -0.15) is 4.98 Å². The predicted molar refractivity (Wildman–Crippen MR) is 145 cm³/mol. The highest BCUT2D eigenvalue weighted by molar-refractivity contribution is 6.67. The Labute approximate surface area is 229 Å². The molecule has 9 heteroatoms. The summed E-state index contributed by atoms with van der Waals surface area (Å²) in [7, 11) is 0. The van der Waals surface area contributed by atoms with Gasteiger partial charge in [-0.25, -0.2) is 8.78 Å². The summed E-state index contributed by atoms with van der Waals surface area (Å²) in [6.07, 6.45) is 3.48. The molecule has 0 aliphatic carbocycles. The van der Waals surface area contributed by atoms with Crippen LogP contribution < -0.4 is 0 Å². The first-order valence-electron chi connectivity index (χ1n) is 12.7. The minimum atomic E-state index is -0.569. The van der Waals surface area contributed by atoms with Crippen LogP contribution in [0.3, 0.4) is 0 Å². The number of rotatable bonds is 6. The van der Waals surface area contributed by atoms with Crippen LogP contribution in [-0.4, -0.2) is 39.4 Å². The van der Waals surface area contributed by atoms with Crippen molar-refractivity contribution in [3.05, 3.63) is 95.8 Å². The van der Waals surface area contributed by atoms with Crippen molar-refractivity contribution in [2.24, 2.45) is 0 Å². The summed E-state index contributed by atoms with van der Waals surface area (Å²) in [6, 6.07) is 19.7. The summed E-state index contributed by atoms with van der Waals surface area (Å²) in [5.41, 5.74) is 2.71. The highest BCUT2D eigenvalue weighted by Crippen LogP contribution is 2.28. The van der Waals surface area contributed by atoms with Gasteiger partial charge in [0, 0.05) is 41.1 Å². The molecular formula is C30H26ClF2N3O3. The van der Waals surface area contributed by atoms with Crippen molar-refractivity contribution in [2.75, 3.05) is 13.1 Å². The first kappa shape index (κ1) is 26.7. The average molecular weight is 550 g/mol. The Hall–Kier alpha value is -3.88. The molecule has 5 aromatic rings. The lowest BCUT2D eigenvalue weighted by atomic mass is 10.1. The fourth-order valence-corrected chi connectivity index (χ4v) is 4.70. The van der Waals surface area contributed by atoms with Gasteiger partial charge in [0.2, 0.25) is 5.82 Å². The van der Waals surface area contributed by atoms with E-state index in [4.69, 9.17) is 20.5 Å². The summed E-state index contributed by atoms with van der Waals surface area (Å²) >= 11 is 5.09. The molecule has 200 valence electrons. The quantitative estimate of drug-likeness (QED) is 0.204. The van der Waals surface area contributed by atoms with Crippen molar-refractivity contribution in [1.29, 1.82) is 0 Å². The number of hydrogen-bond acceptors (Lipinski definition) is 6. The maximum absolute atomic E-state index is 13.1. The summed E-state index contributed by atoms with van der Waals surface area (Å²) < 4.78 is 36.7. The molecule has 0 unspecified atom stereocenters. The second-order valence-electron chi connectivity index (χ2n) is 9.45. The Morgan fingerprint density at radius 2 is 1.69 bits per heavy atom. The lowest BCUT2D eigenvalue weighted by Gasteiger charge is -2.19. The van der Waals surface area contributed by atoms with E-state index in [0.717, 1.165) is 35.3 Å². The smallest absolute Gasteiger partial charge is 0.258 e. The molecule has 0 bridgehead atoms. The van der Waals surface area contributed by atoms with E-state index in [1.54, 1.807) is 12.1 Å². The summed E-state index contributed by atoms with van der Waals surface area (Å²) in [5, 5.41) is 4.54. The maximum Gasteiger partial charge on any atom is 0.258 e. The van der Waals surface area contributed by atoms with Crippen molar-refractivity contribution >= 4 is 27.8 Å². The van der Waals surface area contributed by atoms with Gasteiger partial charge in [-0.1, -0.05) is 5.16 Å². The molecule has 1 aliphatic rings. The zero-order valence-electron chi connectivity index (χ0n) is 21.2. The normalized spacial score (nSPS) is 15.3. The molecule has 0 N–H and O–H groups in total. The Balaban J connectivity index is 0.000000261. The zero-order valence-corrected chi connectivity index (χ0v) is 22.0. The number of nitrogens with zero attached hydrogens (tertiary/aromatic N) is 3. The fraction of sp³-hybridized carbons (Fsp3) is 0.233. The Kier molecular flexibility index (Phi) is 8.14. The predicted octanol–water partition coefficient (Wildman–Crippen LogP) is 7.52. The molecule has 3 heterocycles. The van der Waals surface area contributed by atoms with Crippen molar-refractivity contribution in [2.45, 2.75) is 32.2 Å². The van der Waals surface area contributed by atoms with E-state index in [-0.39, 0.29) is 11.6 Å². The van der Waals surface area contributed by atoms with Gasteiger partial charge in [-0.3, -0.25) is 4.79 Å². The average Bonchev–Trinajstić information content (AvgIpc) is 3.68. The molecule has 0 amide bonds. The standard InChI is InChI=1S/C23H22FN3O2.C7H4ClFO/c1-15-3-2-11-27(15)12-10-20-14-18-13-17(6-9-21(18)28-20)22-25-23(29-26-22)16-4-7-19(24)8-5-16;8-7(10)5-1-3-6(9)4-2-5/h4-9,13-15H,2-3,10-12H2,1H3;1-4H/t15-;/m1./s1. The molecule has 1 saturated heterocycles. The van der Waals surface area contributed by atoms with E-state index in [0.29, 0.717) is 28.9 Å². The Bertz CT molecular complexity index is 1560.